The van der Waals surface area contributed by atoms with E-state index in [2.05, 4.69) is 22.2 Å². The highest BCUT2D eigenvalue weighted by molar-refractivity contribution is 7.99. The Balaban J connectivity index is 2.05. The summed E-state index contributed by atoms with van der Waals surface area (Å²) >= 11 is 1.61. The molecule has 2 aromatic rings. The average molecular weight is 309 g/mol. The first-order chi connectivity index (χ1) is 10.1. The second kappa shape index (κ2) is 7.15. The molecule has 0 spiro atoms. The summed E-state index contributed by atoms with van der Waals surface area (Å²) in [6.45, 7) is 5.15. The Hall–Kier alpha value is -1.24. The number of fused-ring (bicyclic) bond motifs is 1. The van der Waals surface area contributed by atoms with Crippen molar-refractivity contribution in [3.05, 3.63) is 18.2 Å². The van der Waals surface area contributed by atoms with E-state index in [1.165, 1.54) is 0 Å². The molecule has 1 unspecified atom stereocenters. The number of thioether (sulfide) groups is 1. The number of aromatic amines is 1. The molecule has 1 heterocycles. The van der Waals surface area contributed by atoms with Crippen molar-refractivity contribution in [1.82, 2.24) is 15.3 Å². The SMILES string of the molecule is CCCNC(C)(CO)CSc1nc2ccc(OC)cc2[nH]1. The summed E-state index contributed by atoms with van der Waals surface area (Å²) in [5.41, 5.74) is 1.59. The Morgan fingerprint density at radius 3 is 2.95 bits per heavy atom. The molecule has 0 saturated heterocycles. The number of hydrogen-bond donors (Lipinski definition) is 3. The van der Waals surface area contributed by atoms with Gasteiger partial charge < -0.3 is 20.1 Å². The summed E-state index contributed by atoms with van der Waals surface area (Å²) in [7, 11) is 1.65. The van der Waals surface area contributed by atoms with Gasteiger partial charge in [0.2, 0.25) is 0 Å². The quantitative estimate of drug-likeness (QED) is 0.653. The Bertz CT molecular complexity index is 587. The van der Waals surface area contributed by atoms with Crippen LogP contribution in [0, 0.1) is 0 Å². The second-order valence-electron chi connectivity index (χ2n) is 5.36. The largest absolute Gasteiger partial charge is 0.497 e. The molecule has 6 heteroatoms. The van der Waals surface area contributed by atoms with Gasteiger partial charge in [0.25, 0.3) is 0 Å². The van der Waals surface area contributed by atoms with Crippen LogP contribution in [0.5, 0.6) is 5.75 Å². The van der Waals surface area contributed by atoms with Gasteiger partial charge in [0.1, 0.15) is 5.75 Å². The van der Waals surface area contributed by atoms with Crippen LogP contribution >= 0.6 is 11.8 Å². The van der Waals surface area contributed by atoms with Crippen LogP contribution in [0.3, 0.4) is 0 Å². The third kappa shape index (κ3) is 4.12. The highest BCUT2D eigenvalue weighted by Crippen LogP contribution is 2.25. The maximum Gasteiger partial charge on any atom is 0.166 e. The van der Waals surface area contributed by atoms with Crippen molar-refractivity contribution in [1.29, 1.82) is 0 Å². The predicted molar refractivity (Wildman–Crippen MR) is 87.2 cm³/mol. The number of nitrogens with one attached hydrogen (secondary N) is 2. The van der Waals surface area contributed by atoms with Gasteiger partial charge >= 0.3 is 0 Å². The summed E-state index contributed by atoms with van der Waals surface area (Å²) in [5, 5.41) is 13.8. The Kier molecular flexibility index (Phi) is 5.50. The predicted octanol–water partition coefficient (Wildman–Crippen LogP) is 2.41. The van der Waals surface area contributed by atoms with Gasteiger partial charge in [-0.25, -0.2) is 4.98 Å². The summed E-state index contributed by atoms with van der Waals surface area (Å²) in [6, 6.07) is 5.78. The molecule has 21 heavy (non-hydrogen) atoms. The molecule has 0 radical (unpaired) electrons. The number of ether oxygens (including phenoxy) is 1. The van der Waals surface area contributed by atoms with Gasteiger partial charge in [0, 0.05) is 17.4 Å². The summed E-state index contributed by atoms with van der Waals surface area (Å²) in [4.78, 5) is 7.83. The van der Waals surface area contributed by atoms with Gasteiger partial charge in [-0.2, -0.15) is 0 Å². The molecule has 0 aliphatic carbocycles. The number of nitrogens with zero attached hydrogens (tertiary/aromatic N) is 1. The van der Waals surface area contributed by atoms with Gasteiger partial charge in [-0.05, 0) is 32.0 Å². The fourth-order valence-corrected chi connectivity index (χ4v) is 2.96. The number of aromatic nitrogens is 2. The number of imidazole rings is 1. The normalized spacial score (nSPS) is 14.3. The number of rotatable bonds is 8. The average Bonchev–Trinajstić information content (AvgIpc) is 2.92. The van der Waals surface area contributed by atoms with Crippen LogP contribution in [0.1, 0.15) is 20.3 Å². The maximum absolute atomic E-state index is 9.58. The van der Waals surface area contributed by atoms with E-state index in [4.69, 9.17) is 4.74 Å². The van der Waals surface area contributed by atoms with E-state index in [1.807, 2.05) is 25.1 Å². The first-order valence-corrected chi connectivity index (χ1v) is 8.11. The lowest BCUT2D eigenvalue weighted by molar-refractivity contribution is 0.192. The molecular weight excluding hydrogens is 286 g/mol. The molecule has 0 aliphatic heterocycles. The van der Waals surface area contributed by atoms with Crippen molar-refractivity contribution < 1.29 is 9.84 Å². The lowest BCUT2D eigenvalue weighted by atomic mass is 10.1. The van der Waals surface area contributed by atoms with Crippen LogP contribution < -0.4 is 10.1 Å². The Morgan fingerprint density at radius 1 is 1.48 bits per heavy atom. The van der Waals surface area contributed by atoms with E-state index in [-0.39, 0.29) is 12.1 Å². The molecule has 0 aliphatic rings. The molecule has 3 N–H and O–H groups in total. The number of aliphatic hydroxyl groups is 1. The minimum atomic E-state index is -0.294. The van der Waals surface area contributed by atoms with E-state index in [1.54, 1.807) is 18.9 Å². The van der Waals surface area contributed by atoms with Crippen molar-refractivity contribution in [2.45, 2.75) is 31.0 Å². The number of H-pyrrole nitrogens is 1. The van der Waals surface area contributed by atoms with Crippen molar-refractivity contribution in [2.24, 2.45) is 0 Å². The zero-order valence-corrected chi connectivity index (χ0v) is 13.6. The van der Waals surface area contributed by atoms with Crippen LogP contribution in [-0.2, 0) is 0 Å². The van der Waals surface area contributed by atoms with Crippen molar-refractivity contribution >= 4 is 22.8 Å². The van der Waals surface area contributed by atoms with Crippen LogP contribution in [0.2, 0.25) is 0 Å². The third-order valence-electron chi connectivity index (χ3n) is 3.35. The van der Waals surface area contributed by atoms with Gasteiger partial charge in [0.05, 0.1) is 24.8 Å². The molecular formula is C15H23N3O2S. The minimum absolute atomic E-state index is 0.105. The summed E-state index contributed by atoms with van der Waals surface area (Å²) < 4.78 is 5.21. The van der Waals surface area contributed by atoms with E-state index in [0.29, 0.717) is 0 Å². The molecule has 0 saturated carbocycles. The summed E-state index contributed by atoms with van der Waals surface area (Å²) in [6.07, 6.45) is 1.05. The first kappa shape index (κ1) is 16.1. The number of benzene rings is 1. The van der Waals surface area contributed by atoms with E-state index >= 15 is 0 Å². The van der Waals surface area contributed by atoms with Crippen molar-refractivity contribution in [3.8, 4) is 5.75 Å². The molecule has 5 nitrogen and oxygen atoms in total. The van der Waals surface area contributed by atoms with Crippen LogP contribution in [-0.4, -0.2) is 46.6 Å². The highest BCUT2D eigenvalue weighted by atomic mass is 32.2. The lowest BCUT2D eigenvalue weighted by Gasteiger charge is -2.27. The maximum atomic E-state index is 9.58. The van der Waals surface area contributed by atoms with Crippen molar-refractivity contribution in [3.63, 3.8) is 0 Å². The third-order valence-corrected chi connectivity index (χ3v) is 4.59. The first-order valence-electron chi connectivity index (χ1n) is 7.12. The molecule has 0 bridgehead atoms. The monoisotopic (exact) mass is 309 g/mol. The van der Waals surface area contributed by atoms with E-state index in [9.17, 15) is 5.11 Å². The topological polar surface area (TPSA) is 70.2 Å². The van der Waals surface area contributed by atoms with E-state index < -0.39 is 0 Å². The van der Waals surface area contributed by atoms with E-state index in [0.717, 1.165) is 40.7 Å². The van der Waals surface area contributed by atoms with Gasteiger partial charge in [0.15, 0.2) is 5.16 Å². The Morgan fingerprint density at radius 2 is 2.29 bits per heavy atom. The van der Waals surface area contributed by atoms with Gasteiger partial charge in [-0.3, -0.25) is 0 Å². The van der Waals surface area contributed by atoms with Gasteiger partial charge in [-0.15, -0.1) is 0 Å². The highest BCUT2D eigenvalue weighted by Gasteiger charge is 2.23. The summed E-state index contributed by atoms with van der Waals surface area (Å²) in [5.74, 6) is 1.56. The Labute approximate surface area is 129 Å². The number of aliphatic hydroxyl groups excluding tert-OH is 1. The fraction of sp³-hybridized carbons (Fsp3) is 0.533. The zero-order chi connectivity index (χ0) is 15.3. The molecule has 0 amide bonds. The fourth-order valence-electron chi connectivity index (χ4n) is 1.97. The second-order valence-corrected chi connectivity index (χ2v) is 6.32. The minimum Gasteiger partial charge on any atom is -0.497 e. The van der Waals surface area contributed by atoms with Crippen molar-refractivity contribution in [2.75, 3.05) is 26.0 Å². The zero-order valence-electron chi connectivity index (χ0n) is 12.8. The van der Waals surface area contributed by atoms with Crippen LogP contribution in [0.4, 0.5) is 0 Å². The molecule has 0 fully saturated rings. The molecule has 1 aromatic carbocycles. The number of hydrogen-bond acceptors (Lipinski definition) is 5. The molecule has 116 valence electrons. The standard InChI is InChI=1S/C15H23N3O2S/c1-4-7-16-15(2,9-19)10-21-14-17-12-6-5-11(20-3)8-13(12)18-14/h5-6,8,16,19H,4,7,9-10H2,1-3H3,(H,17,18). The van der Waals surface area contributed by atoms with Crippen LogP contribution in [0.25, 0.3) is 11.0 Å². The smallest absolute Gasteiger partial charge is 0.166 e. The number of methoxy groups -OCH3 is 1. The van der Waals surface area contributed by atoms with Crippen LogP contribution in [0.15, 0.2) is 23.4 Å². The molecule has 1 atom stereocenters. The molecule has 2 rings (SSSR count). The lowest BCUT2D eigenvalue weighted by Crippen LogP contribution is -2.48. The van der Waals surface area contributed by atoms with Gasteiger partial charge in [-0.1, -0.05) is 18.7 Å². The molecule has 1 aromatic heterocycles.